The van der Waals surface area contributed by atoms with Gasteiger partial charge in [-0.2, -0.15) is 0 Å². The monoisotopic (exact) mass is 426 g/mol. The number of phenols is 1. The van der Waals surface area contributed by atoms with Crippen LogP contribution in [0.15, 0.2) is 53.4 Å². The lowest BCUT2D eigenvalue weighted by molar-refractivity contribution is -0.124. The van der Waals surface area contributed by atoms with Crippen molar-refractivity contribution in [2.45, 2.75) is 12.8 Å². The van der Waals surface area contributed by atoms with Crippen LogP contribution in [0.2, 0.25) is 0 Å². The summed E-state index contributed by atoms with van der Waals surface area (Å²) in [5, 5.41) is 11.7. The largest absolute Gasteiger partial charge is 0.508 e. The maximum Gasteiger partial charge on any atom is 0.293 e. The summed E-state index contributed by atoms with van der Waals surface area (Å²) in [7, 11) is 1.57. The van der Waals surface area contributed by atoms with Crippen molar-refractivity contribution < 1.29 is 24.2 Å². The Labute approximate surface area is 178 Å². The van der Waals surface area contributed by atoms with E-state index in [0.717, 1.165) is 27.8 Å². The molecular weight excluding hydrogens is 404 g/mol. The number of methoxy groups -OCH3 is 1. The van der Waals surface area contributed by atoms with Gasteiger partial charge in [0.25, 0.3) is 11.1 Å². The van der Waals surface area contributed by atoms with Gasteiger partial charge < -0.3 is 15.2 Å². The van der Waals surface area contributed by atoms with Gasteiger partial charge in [-0.05, 0) is 59.7 Å². The number of aromatic hydroxyl groups is 1. The molecule has 0 bridgehead atoms. The molecule has 1 aliphatic heterocycles. The van der Waals surface area contributed by atoms with Crippen LogP contribution in [-0.2, 0) is 16.0 Å². The third-order valence-corrected chi connectivity index (χ3v) is 5.43. The zero-order valence-corrected chi connectivity index (χ0v) is 17.3. The van der Waals surface area contributed by atoms with Gasteiger partial charge >= 0.3 is 0 Å². The van der Waals surface area contributed by atoms with E-state index in [4.69, 9.17) is 4.74 Å². The minimum Gasteiger partial charge on any atom is -0.508 e. The number of hydrogen-bond donors (Lipinski definition) is 2. The number of carbonyl (C=O) groups is 3. The lowest BCUT2D eigenvalue weighted by Crippen LogP contribution is -2.34. The smallest absolute Gasteiger partial charge is 0.293 e. The predicted octanol–water partition coefficient (Wildman–Crippen LogP) is 3.19. The number of ether oxygens (including phenoxy) is 1. The standard InChI is InChI=1S/C22H22N2O5S/c1-29-18-8-4-16(5-9-18)14-19-21(27)24(22(28)30-19)13-11-20(26)23-12-10-15-2-6-17(25)7-3-15/h2-9,14,25H,10-13H2,1H3,(H,23,26). The molecule has 8 heteroatoms. The molecule has 3 amide bonds. The van der Waals surface area contributed by atoms with Crippen molar-refractivity contribution in [1.82, 2.24) is 10.2 Å². The van der Waals surface area contributed by atoms with Gasteiger partial charge in [-0.25, -0.2) is 0 Å². The summed E-state index contributed by atoms with van der Waals surface area (Å²) >= 11 is 0.870. The van der Waals surface area contributed by atoms with Gasteiger partial charge in [0.15, 0.2) is 0 Å². The Hall–Kier alpha value is -3.26. The molecular formula is C22H22N2O5S. The van der Waals surface area contributed by atoms with E-state index >= 15 is 0 Å². The molecule has 0 aromatic heterocycles. The van der Waals surface area contributed by atoms with Crippen molar-refractivity contribution in [3.63, 3.8) is 0 Å². The summed E-state index contributed by atoms with van der Waals surface area (Å²) in [4.78, 5) is 38.2. The van der Waals surface area contributed by atoms with Crippen molar-refractivity contribution >= 4 is 34.9 Å². The second-order valence-electron chi connectivity index (χ2n) is 6.62. The van der Waals surface area contributed by atoms with E-state index in [0.29, 0.717) is 23.6 Å². The second kappa shape index (κ2) is 9.98. The highest BCUT2D eigenvalue weighted by Crippen LogP contribution is 2.32. The molecule has 2 N–H and O–H groups in total. The van der Waals surface area contributed by atoms with Crippen molar-refractivity contribution in [2.75, 3.05) is 20.2 Å². The van der Waals surface area contributed by atoms with Gasteiger partial charge in [0, 0.05) is 19.5 Å². The molecule has 3 rings (SSSR count). The fraction of sp³-hybridized carbons (Fsp3) is 0.227. The van der Waals surface area contributed by atoms with Crippen molar-refractivity contribution in [1.29, 1.82) is 0 Å². The highest BCUT2D eigenvalue weighted by molar-refractivity contribution is 8.18. The summed E-state index contributed by atoms with van der Waals surface area (Å²) in [5.74, 6) is 0.280. The Morgan fingerprint density at radius 3 is 2.50 bits per heavy atom. The molecule has 0 radical (unpaired) electrons. The summed E-state index contributed by atoms with van der Waals surface area (Å²) in [6, 6.07) is 13.9. The predicted molar refractivity (Wildman–Crippen MR) is 115 cm³/mol. The number of rotatable bonds is 8. The normalized spacial score (nSPS) is 15.0. The van der Waals surface area contributed by atoms with E-state index in [-0.39, 0.29) is 29.9 Å². The third kappa shape index (κ3) is 5.64. The molecule has 0 spiro atoms. The average molecular weight is 426 g/mol. The number of hydrogen-bond acceptors (Lipinski definition) is 6. The number of carbonyl (C=O) groups excluding carboxylic acids is 3. The van der Waals surface area contributed by atoms with Gasteiger partial charge in [0.1, 0.15) is 11.5 Å². The summed E-state index contributed by atoms with van der Waals surface area (Å²) in [5.41, 5.74) is 1.77. The zero-order valence-electron chi connectivity index (χ0n) is 16.5. The lowest BCUT2D eigenvalue weighted by Gasteiger charge is -2.12. The molecule has 30 heavy (non-hydrogen) atoms. The fourth-order valence-electron chi connectivity index (χ4n) is 2.85. The first kappa shape index (κ1) is 21.4. The van der Waals surface area contributed by atoms with Crippen molar-refractivity contribution in [3.05, 3.63) is 64.6 Å². The van der Waals surface area contributed by atoms with Gasteiger partial charge in [-0.3, -0.25) is 19.3 Å². The molecule has 2 aromatic rings. The summed E-state index contributed by atoms with van der Waals surface area (Å²) < 4.78 is 5.10. The van der Waals surface area contributed by atoms with E-state index in [2.05, 4.69) is 5.32 Å². The Morgan fingerprint density at radius 2 is 1.83 bits per heavy atom. The minimum absolute atomic E-state index is 0.0374. The number of nitrogens with zero attached hydrogens (tertiary/aromatic N) is 1. The minimum atomic E-state index is -0.391. The van der Waals surface area contributed by atoms with Crippen LogP contribution < -0.4 is 10.1 Å². The second-order valence-corrected chi connectivity index (χ2v) is 7.62. The molecule has 1 fully saturated rings. The Balaban J connectivity index is 1.48. The molecule has 1 aliphatic rings. The van der Waals surface area contributed by atoms with Crippen molar-refractivity contribution in [3.8, 4) is 11.5 Å². The zero-order chi connectivity index (χ0) is 21.5. The van der Waals surface area contributed by atoms with Gasteiger partial charge in [0.05, 0.1) is 12.0 Å². The van der Waals surface area contributed by atoms with E-state index < -0.39 is 5.91 Å². The van der Waals surface area contributed by atoms with Crippen LogP contribution >= 0.6 is 11.8 Å². The van der Waals surface area contributed by atoms with Crippen LogP contribution in [0.1, 0.15) is 17.5 Å². The number of benzene rings is 2. The molecule has 0 aliphatic carbocycles. The van der Waals surface area contributed by atoms with E-state index in [9.17, 15) is 19.5 Å². The molecule has 1 heterocycles. The van der Waals surface area contributed by atoms with E-state index in [1.165, 1.54) is 0 Å². The summed E-state index contributed by atoms with van der Waals surface area (Å²) in [6.07, 6.45) is 2.32. The molecule has 156 valence electrons. The first-order valence-electron chi connectivity index (χ1n) is 9.40. The molecule has 2 aromatic carbocycles. The quantitative estimate of drug-likeness (QED) is 0.630. The average Bonchev–Trinajstić information content (AvgIpc) is 3.01. The van der Waals surface area contributed by atoms with Gasteiger partial charge in [0.2, 0.25) is 5.91 Å². The van der Waals surface area contributed by atoms with Crippen LogP contribution in [0, 0.1) is 0 Å². The van der Waals surface area contributed by atoms with Crippen LogP contribution in [-0.4, -0.2) is 47.3 Å². The van der Waals surface area contributed by atoms with Crippen molar-refractivity contribution in [2.24, 2.45) is 0 Å². The molecule has 0 atom stereocenters. The van der Waals surface area contributed by atoms with E-state index in [1.807, 2.05) is 0 Å². The lowest BCUT2D eigenvalue weighted by atomic mass is 10.1. The number of nitrogens with one attached hydrogen (secondary N) is 1. The molecule has 0 unspecified atom stereocenters. The number of phenolic OH excluding ortho intramolecular Hbond substituents is 1. The molecule has 7 nitrogen and oxygen atoms in total. The first-order chi connectivity index (χ1) is 14.5. The topological polar surface area (TPSA) is 95.9 Å². The SMILES string of the molecule is COc1ccc(C=C2SC(=O)N(CCC(=O)NCCc3ccc(O)cc3)C2=O)cc1. The number of amides is 3. The maximum absolute atomic E-state index is 12.5. The summed E-state index contributed by atoms with van der Waals surface area (Å²) in [6.45, 7) is 0.471. The van der Waals surface area contributed by atoms with Crippen LogP contribution in [0.25, 0.3) is 6.08 Å². The molecule has 0 saturated carbocycles. The van der Waals surface area contributed by atoms with Gasteiger partial charge in [-0.1, -0.05) is 24.3 Å². The Bertz CT molecular complexity index is 954. The highest BCUT2D eigenvalue weighted by atomic mass is 32.2. The first-order valence-corrected chi connectivity index (χ1v) is 10.2. The van der Waals surface area contributed by atoms with Crippen LogP contribution in [0.5, 0.6) is 11.5 Å². The maximum atomic E-state index is 12.5. The number of thioether (sulfide) groups is 1. The fourth-order valence-corrected chi connectivity index (χ4v) is 3.72. The molecule has 1 saturated heterocycles. The van der Waals surface area contributed by atoms with Crippen LogP contribution in [0.3, 0.4) is 0 Å². The number of imide groups is 1. The Morgan fingerprint density at radius 1 is 1.13 bits per heavy atom. The van der Waals surface area contributed by atoms with E-state index in [1.54, 1.807) is 61.7 Å². The highest BCUT2D eigenvalue weighted by Gasteiger charge is 2.34. The Kier molecular flexibility index (Phi) is 7.13. The third-order valence-electron chi connectivity index (χ3n) is 4.52. The van der Waals surface area contributed by atoms with Gasteiger partial charge in [-0.15, -0.1) is 0 Å². The van der Waals surface area contributed by atoms with Crippen LogP contribution in [0.4, 0.5) is 4.79 Å².